The van der Waals surface area contributed by atoms with Crippen molar-refractivity contribution in [3.05, 3.63) is 54.0 Å². The van der Waals surface area contributed by atoms with E-state index in [9.17, 15) is 0 Å². The lowest BCUT2D eigenvalue weighted by Gasteiger charge is -2.20. The number of aromatic nitrogens is 3. The lowest BCUT2D eigenvalue weighted by molar-refractivity contribution is 0.208. The Bertz CT molecular complexity index is 832. The van der Waals surface area contributed by atoms with Gasteiger partial charge in [-0.3, -0.25) is 0 Å². The predicted molar refractivity (Wildman–Crippen MR) is 96.6 cm³/mol. The second kappa shape index (κ2) is 7.79. The van der Waals surface area contributed by atoms with Crippen LogP contribution in [0.1, 0.15) is 24.7 Å². The summed E-state index contributed by atoms with van der Waals surface area (Å²) in [7, 11) is 0. The topological polar surface area (TPSA) is 73.1 Å². The Hall–Kier alpha value is -2.89. The monoisotopic (exact) mass is 338 g/mol. The van der Waals surface area contributed by atoms with Gasteiger partial charge < -0.3 is 14.6 Å². The number of pyridine rings is 1. The van der Waals surface area contributed by atoms with E-state index in [1.54, 1.807) is 13.1 Å². The highest BCUT2D eigenvalue weighted by atomic mass is 16.5. The van der Waals surface area contributed by atoms with Crippen LogP contribution in [0.2, 0.25) is 0 Å². The molecular formula is C19H22N4O2. The van der Waals surface area contributed by atoms with Gasteiger partial charge in [0.1, 0.15) is 17.7 Å². The molecule has 1 N–H and O–H groups in total. The van der Waals surface area contributed by atoms with Crippen LogP contribution in [0.3, 0.4) is 0 Å². The summed E-state index contributed by atoms with van der Waals surface area (Å²) < 4.78 is 11.4. The number of aryl methyl sites for hydroxylation is 2. The van der Waals surface area contributed by atoms with E-state index in [1.165, 1.54) is 0 Å². The summed E-state index contributed by atoms with van der Waals surface area (Å²) in [6, 6.07) is 11.8. The molecular weight excluding hydrogens is 316 g/mol. The van der Waals surface area contributed by atoms with Gasteiger partial charge in [0.05, 0.1) is 12.1 Å². The van der Waals surface area contributed by atoms with Gasteiger partial charge in [0.2, 0.25) is 0 Å². The van der Waals surface area contributed by atoms with E-state index >= 15 is 0 Å². The molecule has 1 aromatic carbocycles. The Labute approximate surface area is 147 Å². The van der Waals surface area contributed by atoms with Gasteiger partial charge in [0, 0.05) is 6.20 Å². The zero-order valence-electron chi connectivity index (χ0n) is 14.7. The van der Waals surface area contributed by atoms with Crippen molar-refractivity contribution in [3.8, 4) is 17.2 Å². The summed E-state index contributed by atoms with van der Waals surface area (Å²) in [5, 5.41) is 7.19. The minimum Gasteiger partial charge on any atom is -0.488 e. The van der Waals surface area contributed by atoms with E-state index in [2.05, 4.69) is 27.4 Å². The van der Waals surface area contributed by atoms with Crippen LogP contribution in [0.25, 0.3) is 11.5 Å². The first-order valence-electron chi connectivity index (χ1n) is 8.39. The maximum absolute atomic E-state index is 6.12. The van der Waals surface area contributed by atoms with Crippen LogP contribution in [-0.4, -0.2) is 27.8 Å². The maximum atomic E-state index is 6.12. The first kappa shape index (κ1) is 17.0. The smallest absolute Gasteiger partial charge is 0.261 e. The molecule has 0 saturated heterocycles. The Balaban J connectivity index is 1.71. The molecule has 0 spiro atoms. The van der Waals surface area contributed by atoms with Crippen molar-refractivity contribution in [1.82, 2.24) is 15.1 Å². The lowest BCUT2D eigenvalue weighted by atomic mass is 10.2. The molecule has 3 rings (SSSR count). The van der Waals surface area contributed by atoms with Crippen LogP contribution in [0.4, 0.5) is 5.82 Å². The molecule has 2 heterocycles. The minimum atomic E-state index is 0.0281. The van der Waals surface area contributed by atoms with Crippen molar-refractivity contribution in [2.75, 3.05) is 11.9 Å². The molecule has 2 aromatic heterocycles. The number of hydrogen-bond acceptors (Lipinski definition) is 6. The molecule has 25 heavy (non-hydrogen) atoms. The SMILES string of the molecule is CCC(CNc1ncccc1-c1nc(C)no1)Oc1ccccc1C. The summed E-state index contributed by atoms with van der Waals surface area (Å²) in [5.74, 6) is 2.67. The normalized spacial score (nSPS) is 12.0. The summed E-state index contributed by atoms with van der Waals surface area (Å²) >= 11 is 0. The number of hydrogen-bond donors (Lipinski definition) is 1. The summed E-state index contributed by atoms with van der Waals surface area (Å²) in [6.07, 6.45) is 2.64. The molecule has 0 aliphatic rings. The molecule has 6 nitrogen and oxygen atoms in total. The lowest BCUT2D eigenvalue weighted by Crippen LogP contribution is -2.26. The molecule has 130 valence electrons. The fourth-order valence-electron chi connectivity index (χ4n) is 2.47. The zero-order chi connectivity index (χ0) is 17.6. The van der Waals surface area contributed by atoms with Crippen molar-refractivity contribution in [3.63, 3.8) is 0 Å². The molecule has 1 unspecified atom stereocenters. The first-order chi connectivity index (χ1) is 12.2. The third-order valence-electron chi connectivity index (χ3n) is 3.91. The highest BCUT2D eigenvalue weighted by Crippen LogP contribution is 2.25. The van der Waals surface area contributed by atoms with Crippen LogP contribution in [0.15, 0.2) is 47.1 Å². The highest BCUT2D eigenvalue weighted by molar-refractivity contribution is 5.68. The van der Waals surface area contributed by atoms with Crippen molar-refractivity contribution >= 4 is 5.82 Å². The van der Waals surface area contributed by atoms with Gasteiger partial charge >= 0.3 is 0 Å². The molecule has 1 atom stereocenters. The number of rotatable bonds is 7. The molecule has 0 bridgehead atoms. The number of nitrogens with one attached hydrogen (secondary N) is 1. The predicted octanol–water partition coefficient (Wildman–Crippen LogP) is 4.02. The van der Waals surface area contributed by atoms with Crippen LogP contribution < -0.4 is 10.1 Å². The number of benzene rings is 1. The number of nitrogens with zero attached hydrogens (tertiary/aromatic N) is 3. The second-order valence-corrected chi connectivity index (χ2v) is 5.84. The third kappa shape index (κ3) is 4.15. The molecule has 0 fully saturated rings. The third-order valence-corrected chi connectivity index (χ3v) is 3.91. The van der Waals surface area contributed by atoms with Crippen molar-refractivity contribution in [2.45, 2.75) is 33.3 Å². The Morgan fingerprint density at radius 1 is 1.16 bits per heavy atom. The number of anilines is 1. The van der Waals surface area contributed by atoms with Crippen LogP contribution in [0.5, 0.6) is 5.75 Å². The van der Waals surface area contributed by atoms with Gasteiger partial charge in [0.15, 0.2) is 5.82 Å². The summed E-state index contributed by atoms with van der Waals surface area (Å²) in [6.45, 7) is 6.57. The van der Waals surface area contributed by atoms with E-state index in [0.29, 0.717) is 24.1 Å². The van der Waals surface area contributed by atoms with Gasteiger partial charge in [-0.1, -0.05) is 30.3 Å². The zero-order valence-corrected chi connectivity index (χ0v) is 14.7. The second-order valence-electron chi connectivity index (χ2n) is 5.84. The Morgan fingerprint density at radius 2 is 2.00 bits per heavy atom. The maximum Gasteiger partial charge on any atom is 0.261 e. The van der Waals surface area contributed by atoms with Gasteiger partial charge in [-0.15, -0.1) is 0 Å². The molecule has 0 radical (unpaired) electrons. The molecule has 0 aliphatic carbocycles. The van der Waals surface area contributed by atoms with Gasteiger partial charge in [0.25, 0.3) is 5.89 Å². The van der Waals surface area contributed by atoms with E-state index in [1.807, 2.05) is 43.3 Å². The van der Waals surface area contributed by atoms with Crippen LogP contribution in [-0.2, 0) is 0 Å². The molecule has 3 aromatic rings. The fourth-order valence-corrected chi connectivity index (χ4v) is 2.47. The highest BCUT2D eigenvalue weighted by Gasteiger charge is 2.15. The standard InChI is InChI=1S/C19H22N4O2/c1-4-15(24-17-10-6-5-8-13(17)2)12-21-18-16(9-7-11-20-18)19-22-14(3)23-25-19/h5-11,15H,4,12H2,1-3H3,(H,20,21). The van der Waals surface area contributed by atoms with E-state index in [0.717, 1.165) is 23.3 Å². The van der Waals surface area contributed by atoms with E-state index < -0.39 is 0 Å². The van der Waals surface area contributed by atoms with Crippen molar-refractivity contribution in [1.29, 1.82) is 0 Å². The van der Waals surface area contributed by atoms with Gasteiger partial charge in [-0.25, -0.2) is 4.98 Å². The average molecular weight is 338 g/mol. The molecule has 0 amide bonds. The van der Waals surface area contributed by atoms with Crippen LogP contribution >= 0.6 is 0 Å². The largest absolute Gasteiger partial charge is 0.488 e. The molecule has 0 saturated carbocycles. The molecule has 6 heteroatoms. The fraction of sp³-hybridized carbons (Fsp3) is 0.316. The van der Waals surface area contributed by atoms with Gasteiger partial charge in [-0.05, 0) is 44.0 Å². The van der Waals surface area contributed by atoms with E-state index in [4.69, 9.17) is 9.26 Å². The first-order valence-corrected chi connectivity index (χ1v) is 8.39. The average Bonchev–Trinajstić information content (AvgIpc) is 3.06. The summed E-state index contributed by atoms with van der Waals surface area (Å²) in [4.78, 5) is 8.68. The summed E-state index contributed by atoms with van der Waals surface area (Å²) in [5.41, 5.74) is 1.91. The van der Waals surface area contributed by atoms with Crippen molar-refractivity contribution in [2.24, 2.45) is 0 Å². The Morgan fingerprint density at radius 3 is 2.72 bits per heavy atom. The van der Waals surface area contributed by atoms with E-state index in [-0.39, 0.29) is 6.10 Å². The Kier molecular flexibility index (Phi) is 5.28. The van der Waals surface area contributed by atoms with Crippen LogP contribution in [0, 0.1) is 13.8 Å². The number of para-hydroxylation sites is 1. The molecule has 0 aliphatic heterocycles. The van der Waals surface area contributed by atoms with Gasteiger partial charge in [-0.2, -0.15) is 4.98 Å². The van der Waals surface area contributed by atoms with Crippen molar-refractivity contribution < 1.29 is 9.26 Å². The number of ether oxygens (including phenoxy) is 1. The quantitative estimate of drug-likeness (QED) is 0.701. The minimum absolute atomic E-state index is 0.0281.